The first-order valence-electron chi connectivity index (χ1n) is 7.27. The zero-order valence-corrected chi connectivity index (χ0v) is 14.9. The van der Waals surface area contributed by atoms with Crippen molar-refractivity contribution >= 4 is 56.5 Å². The molecule has 0 fully saturated rings. The van der Waals surface area contributed by atoms with Crippen molar-refractivity contribution in [2.75, 3.05) is 0 Å². The third-order valence-corrected chi connectivity index (χ3v) is 5.42. The van der Waals surface area contributed by atoms with E-state index in [1.54, 1.807) is 17.4 Å². The smallest absolute Gasteiger partial charge is 0.272 e. The lowest BCUT2D eigenvalue weighted by molar-refractivity contribution is -0.113. The van der Waals surface area contributed by atoms with Crippen LogP contribution in [-0.2, 0) is 11.3 Å². The van der Waals surface area contributed by atoms with Gasteiger partial charge in [0.25, 0.3) is 5.91 Å². The fraction of sp³-hybridized carbons (Fsp3) is 0.176. The van der Waals surface area contributed by atoms with E-state index in [4.69, 9.17) is 11.6 Å². The van der Waals surface area contributed by atoms with Gasteiger partial charge in [0.1, 0.15) is 0 Å². The molecule has 3 rings (SSSR count). The minimum atomic E-state index is -0.258. The molecule has 0 aliphatic carbocycles. The Kier molecular flexibility index (Phi) is 5.10. The number of rotatable bonds is 4. The van der Waals surface area contributed by atoms with Crippen LogP contribution >= 0.6 is 34.3 Å². The maximum Gasteiger partial charge on any atom is 0.272 e. The van der Waals surface area contributed by atoms with Crippen LogP contribution in [0.1, 0.15) is 18.2 Å². The summed E-state index contributed by atoms with van der Waals surface area (Å²) in [5, 5.41) is 2.67. The lowest BCUT2D eigenvalue weighted by Crippen LogP contribution is -2.16. The first-order chi connectivity index (χ1) is 11.2. The number of hydrogen-bond acceptors (Lipinski definition) is 3. The van der Waals surface area contributed by atoms with Crippen LogP contribution in [0.4, 0.5) is 0 Å². The zero-order chi connectivity index (χ0) is 16.2. The van der Waals surface area contributed by atoms with Crippen LogP contribution in [0.5, 0.6) is 0 Å². The number of hydrogen-bond donors (Lipinski definition) is 0. The topological polar surface area (TPSA) is 34.4 Å². The maximum absolute atomic E-state index is 12.1. The lowest BCUT2D eigenvalue weighted by Gasteiger charge is -2.03. The SMILES string of the molecule is CCCn1c(=NC(=O)/C=C/c2cccs2)sc2cccc(Cl)c21. The molecule has 0 aliphatic heterocycles. The van der Waals surface area contributed by atoms with E-state index in [0.717, 1.165) is 28.1 Å². The number of carbonyl (C=O) groups excluding carboxylic acids is 1. The second kappa shape index (κ2) is 7.25. The molecule has 3 aromatic rings. The third-order valence-electron chi connectivity index (χ3n) is 3.24. The molecule has 23 heavy (non-hydrogen) atoms. The third kappa shape index (κ3) is 3.63. The van der Waals surface area contributed by atoms with Crippen molar-refractivity contribution in [3.63, 3.8) is 0 Å². The fourth-order valence-corrected chi connectivity index (χ4v) is 4.31. The van der Waals surface area contributed by atoms with Crippen molar-refractivity contribution in [1.82, 2.24) is 4.57 Å². The molecular formula is C17H15ClN2OS2. The summed E-state index contributed by atoms with van der Waals surface area (Å²) >= 11 is 9.40. The van der Waals surface area contributed by atoms with Gasteiger partial charge < -0.3 is 4.57 Å². The van der Waals surface area contributed by atoms with E-state index in [-0.39, 0.29) is 5.91 Å². The van der Waals surface area contributed by atoms with Gasteiger partial charge in [-0.3, -0.25) is 4.79 Å². The van der Waals surface area contributed by atoms with Gasteiger partial charge in [0.15, 0.2) is 4.80 Å². The summed E-state index contributed by atoms with van der Waals surface area (Å²) in [4.78, 5) is 18.1. The largest absolute Gasteiger partial charge is 0.315 e. The number of para-hydroxylation sites is 1. The van der Waals surface area contributed by atoms with Gasteiger partial charge in [-0.25, -0.2) is 0 Å². The normalized spacial score (nSPS) is 12.5. The zero-order valence-electron chi connectivity index (χ0n) is 12.5. The number of benzene rings is 1. The van der Waals surface area contributed by atoms with E-state index in [2.05, 4.69) is 11.9 Å². The number of aryl methyl sites for hydroxylation is 1. The average Bonchev–Trinajstić information content (AvgIpc) is 3.15. The molecule has 2 aromatic heterocycles. The number of thiazole rings is 1. The summed E-state index contributed by atoms with van der Waals surface area (Å²) in [6.07, 6.45) is 4.25. The highest BCUT2D eigenvalue weighted by molar-refractivity contribution is 7.16. The highest BCUT2D eigenvalue weighted by atomic mass is 35.5. The van der Waals surface area contributed by atoms with Crippen molar-refractivity contribution in [3.8, 4) is 0 Å². The number of halogens is 1. The van der Waals surface area contributed by atoms with Crippen LogP contribution in [0, 0.1) is 0 Å². The molecule has 118 valence electrons. The Balaban J connectivity index is 2.02. The maximum atomic E-state index is 12.1. The van der Waals surface area contributed by atoms with Crippen molar-refractivity contribution in [1.29, 1.82) is 0 Å². The molecule has 0 N–H and O–H groups in total. The van der Waals surface area contributed by atoms with E-state index in [1.807, 2.05) is 40.3 Å². The second-order valence-electron chi connectivity index (χ2n) is 4.92. The molecule has 1 aromatic carbocycles. The molecule has 1 amide bonds. The molecule has 0 bridgehead atoms. The van der Waals surface area contributed by atoms with Gasteiger partial charge in [-0.05, 0) is 36.1 Å². The minimum Gasteiger partial charge on any atom is -0.315 e. The summed E-state index contributed by atoms with van der Waals surface area (Å²) in [6.45, 7) is 2.88. The van der Waals surface area contributed by atoms with E-state index in [9.17, 15) is 4.79 Å². The summed E-state index contributed by atoms with van der Waals surface area (Å²) < 4.78 is 3.07. The second-order valence-corrected chi connectivity index (χ2v) is 7.32. The van der Waals surface area contributed by atoms with Gasteiger partial charge in [-0.2, -0.15) is 4.99 Å². The number of fused-ring (bicyclic) bond motifs is 1. The van der Waals surface area contributed by atoms with E-state index in [1.165, 1.54) is 17.4 Å². The molecule has 0 radical (unpaired) electrons. The Morgan fingerprint density at radius 3 is 2.96 bits per heavy atom. The molecule has 0 spiro atoms. The molecular weight excluding hydrogens is 348 g/mol. The van der Waals surface area contributed by atoms with Gasteiger partial charge >= 0.3 is 0 Å². The Bertz CT molecular complexity index is 920. The number of carbonyl (C=O) groups is 1. The summed E-state index contributed by atoms with van der Waals surface area (Å²) in [5.74, 6) is -0.258. The number of nitrogens with zero attached hydrogens (tertiary/aromatic N) is 2. The number of aromatic nitrogens is 1. The number of amides is 1. The molecule has 0 atom stereocenters. The van der Waals surface area contributed by atoms with Crippen molar-refractivity contribution in [2.24, 2.45) is 4.99 Å². The highest BCUT2D eigenvalue weighted by Crippen LogP contribution is 2.25. The Morgan fingerprint density at radius 2 is 2.22 bits per heavy atom. The Morgan fingerprint density at radius 1 is 1.35 bits per heavy atom. The fourth-order valence-electron chi connectivity index (χ4n) is 2.27. The van der Waals surface area contributed by atoms with Crippen LogP contribution in [0.3, 0.4) is 0 Å². The van der Waals surface area contributed by atoms with Crippen LogP contribution in [0.25, 0.3) is 16.3 Å². The Hall–Kier alpha value is -1.69. The van der Waals surface area contributed by atoms with Gasteiger partial charge in [0, 0.05) is 17.5 Å². The number of thiophene rings is 1. The summed E-state index contributed by atoms with van der Waals surface area (Å²) in [7, 11) is 0. The lowest BCUT2D eigenvalue weighted by atomic mass is 10.3. The Labute approximate surface area is 147 Å². The van der Waals surface area contributed by atoms with E-state index >= 15 is 0 Å². The van der Waals surface area contributed by atoms with Gasteiger partial charge in [-0.1, -0.05) is 42.0 Å². The van der Waals surface area contributed by atoms with Gasteiger partial charge in [-0.15, -0.1) is 11.3 Å². The quantitative estimate of drug-likeness (QED) is 0.603. The van der Waals surface area contributed by atoms with E-state index < -0.39 is 0 Å². The van der Waals surface area contributed by atoms with Gasteiger partial charge in [0.2, 0.25) is 0 Å². The van der Waals surface area contributed by atoms with Gasteiger partial charge in [0.05, 0.1) is 15.2 Å². The summed E-state index contributed by atoms with van der Waals surface area (Å²) in [5.41, 5.74) is 0.954. The molecule has 0 unspecified atom stereocenters. The van der Waals surface area contributed by atoms with E-state index in [0.29, 0.717) is 9.82 Å². The van der Waals surface area contributed by atoms with Crippen LogP contribution in [0.15, 0.2) is 46.8 Å². The molecule has 6 heteroatoms. The van der Waals surface area contributed by atoms with Crippen molar-refractivity contribution < 1.29 is 4.79 Å². The van der Waals surface area contributed by atoms with Crippen LogP contribution < -0.4 is 4.80 Å². The monoisotopic (exact) mass is 362 g/mol. The first kappa shape index (κ1) is 16.2. The van der Waals surface area contributed by atoms with Crippen molar-refractivity contribution in [2.45, 2.75) is 19.9 Å². The first-order valence-corrected chi connectivity index (χ1v) is 9.34. The predicted octanol–water partition coefficient (Wildman–Crippen LogP) is 4.97. The standard InChI is InChI=1S/C17H15ClN2OS2/c1-2-10-20-16-13(18)6-3-7-14(16)23-17(20)19-15(21)9-8-12-5-4-11-22-12/h3-9,11H,2,10H2,1H3/b9-8+,19-17?. The van der Waals surface area contributed by atoms with Crippen LogP contribution in [-0.4, -0.2) is 10.5 Å². The highest BCUT2D eigenvalue weighted by Gasteiger charge is 2.09. The predicted molar refractivity (Wildman–Crippen MR) is 99.0 cm³/mol. The molecule has 0 aliphatic rings. The molecule has 3 nitrogen and oxygen atoms in total. The van der Waals surface area contributed by atoms with Crippen molar-refractivity contribution in [3.05, 3.63) is 56.5 Å². The minimum absolute atomic E-state index is 0.258. The summed E-state index contributed by atoms with van der Waals surface area (Å²) in [6, 6.07) is 9.70. The van der Waals surface area contributed by atoms with Crippen LogP contribution in [0.2, 0.25) is 5.02 Å². The molecule has 2 heterocycles. The average molecular weight is 363 g/mol. The molecule has 0 saturated carbocycles. The molecule has 0 saturated heterocycles.